The second kappa shape index (κ2) is 7.60. The van der Waals surface area contributed by atoms with Crippen LogP contribution < -0.4 is 5.32 Å². The van der Waals surface area contributed by atoms with E-state index in [9.17, 15) is 4.79 Å². The van der Waals surface area contributed by atoms with Crippen LogP contribution in [-0.4, -0.2) is 52.1 Å². The number of ether oxygens (including phenoxy) is 3. The molecule has 5 heteroatoms. The van der Waals surface area contributed by atoms with Gasteiger partial charge in [0.25, 0.3) is 0 Å². The van der Waals surface area contributed by atoms with Crippen LogP contribution in [0.25, 0.3) is 0 Å². The minimum absolute atomic E-state index is 0.0787. The molecule has 1 fully saturated rings. The van der Waals surface area contributed by atoms with E-state index in [4.69, 9.17) is 14.2 Å². The zero-order chi connectivity index (χ0) is 11.8. The number of hydrogen-bond acceptors (Lipinski definition) is 4. The Hall–Kier alpha value is -0.650. The van der Waals surface area contributed by atoms with Crippen molar-refractivity contribution in [3.8, 4) is 0 Å². The molecule has 0 aromatic carbocycles. The predicted molar refractivity (Wildman–Crippen MR) is 59.3 cm³/mol. The number of carbonyl (C=O) groups is 1. The molecule has 94 valence electrons. The average molecular weight is 231 g/mol. The van der Waals surface area contributed by atoms with Gasteiger partial charge < -0.3 is 19.5 Å². The maximum Gasteiger partial charge on any atom is 0.246 e. The van der Waals surface area contributed by atoms with E-state index >= 15 is 0 Å². The summed E-state index contributed by atoms with van der Waals surface area (Å²) in [6.45, 7) is 1.05. The molecular weight excluding hydrogens is 210 g/mol. The lowest BCUT2D eigenvalue weighted by molar-refractivity contribution is -0.127. The van der Waals surface area contributed by atoms with E-state index < -0.39 is 0 Å². The molecule has 0 radical (unpaired) electrons. The Labute approximate surface area is 96.4 Å². The first-order valence-corrected chi connectivity index (χ1v) is 5.66. The Kier molecular flexibility index (Phi) is 6.37. The van der Waals surface area contributed by atoms with Crippen molar-refractivity contribution in [2.24, 2.45) is 0 Å². The molecule has 5 nitrogen and oxygen atoms in total. The Morgan fingerprint density at radius 2 is 2.12 bits per heavy atom. The highest BCUT2D eigenvalue weighted by Gasteiger charge is 2.28. The molecule has 2 unspecified atom stereocenters. The highest BCUT2D eigenvalue weighted by atomic mass is 16.5. The van der Waals surface area contributed by atoms with Crippen LogP contribution in [0.2, 0.25) is 0 Å². The van der Waals surface area contributed by atoms with Gasteiger partial charge in [-0.15, -0.1) is 0 Å². The summed E-state index contributed by atoms with van der Waals surface area (Å²) in [5.41, 5.74) is 0. The summed E-state index contributed by atoms with van der Waals surface area (Å²) in [6.07, 6.45) is 3.27. The third kappa shape index (κ3) is 4.47. The van der Waals surface area contributed by atoms with Gasteiger partial charge in [0.05, 0.1) is 25.4 Å². The fourth-order valence-electron chi connectivity index (χ4n) is 1.93. The van der Waals surface area contributed by atoms with Crippen molar-refractivity contribution in [3.05, 3.63) is 0 Å². The molecule has 1 aliphatic carbocycles. The summed E-state index contributed by atoms with van der Waals surface area (Å²) in [5.74, 6) is -0.0787. The second-order valence-corrected chi connectivity index (χ2v) is 3.92. The van der Waals surface area contributed by atoms with Gasteiger partial charge in [0.1, 0.15) is 6.61 Å². The van der Waals surface area contributed by atoms with E-state index in [1.54, 1.807) is 14.2 Å². The minimum atomic E-state index is -0.0787. The van der Waals surface area contributed by atoms with E-state index in [1.807, 2.05) is 0 Å². The van der Waals surface area contributed by atoms with Crippen LogP contribution in [0, 0.1) is 0 Å². The topological polar surface area (TPSA) is 56.8 Å². The van der Waals surface area contributed by atoms with Crippen molar-refractivity contribution >= 4 is 5.91 Å². The van der Waals surface area contributed by atoms with Crippen LogP contribution in [0.1, 0.15) is 19.3 Å². The molecule has 0 aliphatic heterocycles. The summed E-state index contributed by atoms with van der Waals surface area (Å²) in [7, 11) is 3.29. The van der Waals surface area contributed by atoms with Gasteiger partial charge in [-0.25, -0.2) is 0 Å². The number of nitrogens with one attached hydrogen (secondary N) is 1. The SMILES string of the molecule is COCCOCC(=O)NC1CCCC1OC. The first-order chi connectivity index (χ1) is 7.77. The molecule has 0 heterocycles. The van der Waals surface area contributed by atoms with Gasteiger partial charge in [0.2, 0.25) is 5.91 Å². The minimum Gasteiger partial charge on any atom is -0.382 e. The van der Waals surface area contributed by atoms with Crippen molar-refractivity contribution < 1.29 is 19.0 Å². The Morgan fingerprint density at radius 1 is 1.31 bits per heavy atom. The molecule has 1 amide bonds. The van der Waals surface area contributed by atoms with Gasteiger partial charge in [-0.3, -0.25) is 4.79 Å². The quantitative estimate of drug-likeness (QED) is 0.642. The highest BCUT2D eigenvalue weighted by molar-refractivity contribution is 5.77. The molecule has 2 atom stereocenters. The number of amides is 1. The largest absolute Gasteiger partial charge is 0.382 e. The third-order valence-corrected chi connectivity index (χ3v) is 2.77. The van der Waals surface area contributed by atoms with Gasteiger partial charge >= 0.3 is 0 Å². The normalized spacial score (nSPS) is 24.6. The van der Waals surface area contributed by atoms with Crippen LogP contribution in [0.3, 0.4) is 0 Å². The Morgan fingerprint density at radius 3 is 2.81 bits per heavy atom. The van der Waals surface area contributed by atoms with Gasteiger partial charge in [-0.2, -0.15) is 0 Å². The summed E-state index contributed by atoms with van der Waals surface area (Å²) in [4.78, 5) is 11.5. The van der Waals surface area contributed by atoms with Crippen LogP contribution in [0.15, 0.2) is 0 Å². The van der Waals surface area contributed by atoms with Crippen LogP contribution in [0.5, 0.6) is 0 Å². The fourth-order valence-corrected chi connectivity index (χ4v) is 1.93. The molecule has 0 saturated heterocycles. The van der Waals surface area contributed by atoms with Gasteiger partial charge in [0.15, 0.2) is 0 Å². The molecule has 1 saturated carbocycles. The standard InChI is InChI=1S/C11H21NO4/c1-14-6-7-16-8-11(13)12-9-4-3-5-10(9)15-2/h9-10H,3-8H2,1-2H3,(H,12,13). The second-order valence-electron chi connectivity index (χ2n) is 3.92. The zero-order valence-corrected chi connectivity index (χ0v) is 10.0. The lowest BCUT2D eigenvalue weighted by Gasteiger charge is -2.19. The van der Waals surface area contributed by atoms with Crippen molar-refractivity contribution in [2.45, 2.75) is 31.4 Å². The summed E-state index contributed by atoms with van der Waals surface area (Å²) < 4.78 is 15.2. The van der Waals surface area contributed by atoms with Gasteiger partial charge in [-0.1, -0.05) is 0 Å². The molecular formula is C11H21NO4. The van der Waals surface area contributed by atoms with E-state index in [2.05, 4.69) is 5.32 Å². The summed E-state index contributed by atoms with van der Waals surface area (Å²) >= 11 is 0. The number of carbonyl (C=O) groups excluding carboxylic acids is 1. The Balaban J connectivity index is 2.13. The smallest absolute Gasteiger partial charge is 0.246 e. The Bertz CT molecular complexity index is 210. The van der Waals surface area contributed by atoms with E-state index in [0.717, 1.165) is 19.3 Å². The van der Waals surface area contributed by atoms with Crippen molar-refractivity contribution in [1.29, 1.82) is 0 Å². The van der Waals surface area contributed by atoms with Crippen LogP contribution in [0.4, 0.5) is 0 Å². The van der Waals surface area contributed by atoms with Crippen molar-refractivity contribution in [1.82, 2.24) is 5.32 Å². The van der Waals surface area contributed by atoms with Crippen molar-refractivity contribution in [2.75, 3.05) is 34.0 Å². The molecule has 1 rings (SSSR count). The first kappa shape index (κ1) is 13.4. The summed E-state index contributed by atoms with van der Waals surface area (Å²) in [6, 6.07) is 0.142. The molecule has 0 bridgehead atoms. The predicted octanol–water partition coefficient (Wildman–Crippen LogP) is 0.333. The summed E-state index contributed by atoms with van der Waals surface area (Å²) in [5, 5.41) is 2.93. The molecule has 0 aromatic heterocycles. The van der Waals surface area contributed by atoms with E-state index in [-0.39, 0.29) is 24.7 Å². The lowest BCUT2D eigenvalue weighted by atomic mass is 10.2. The van der Waals surface area contributed by atoms with E-state index in [0.29, 0.717) is 13.2 Å². The molecule has 0 spiro atoms. The maximum atomic E-state index is 11.5. The fraction of sp³-hybridized carbons (Fsp3) is 0.909. The van der Waals surface area contributed by atoms with Gasteiger partial charge in [0, 0.05) is 14.2 Å². The highest BCUT2D eigenvalue weighted by Crippen LogP contribution is 2.21. The van der Waals surface area contributed by atoms with Crippen LogP contribution in [-0.2, 0) is 19.0 Å². The van der Waals surface area contributed by atoms with Gasteiger partial charge in [-0.05, 0) is 19.3 Å². The van der Waals surface area contributed by atoms with Crippen LogP contribution >= 0.6 is 0 Å². The number of rotatable bonds is 7. The maximum absolute atomic E-state index is 11.5. The van der Waals surface area contributed by atoms with Crippen molar-refractivity contribution in [3.63, 3.8) is 0 Å². The molecule has 1 aliphatic rings. The monoisotopic (exact) mass is 231 g/mol. The number of hydrogen-bond donors (Lipinski definition) is 1. The number of methoxy groups -OCH3 is 2. The lowest BCUT2D eigenvalue weighted by Crippen LogP contribution is -2.42. The zero-order valence-electron chi connectivity index (χ0n) is 10.0. The molecule has 1 N–H and O–H groups in total. The third-order valence-electron chi connectivity index (χ3n) is 2.77. The molecule has 16 heavy (non-hydrogen) atoms. The first-order valence-electron chi connectivity index (χ1n) is 5.66. The van der Waals surface area contributed by atoms with E-state index in [1.165, 1.54) is 0 Å². The average Bonchev–Trinajstić information content (AvgIpc) is 2.71. The molecule has 0 aromatic rings.